The molecule has 0 spiro atoms. The van der Waals surface area contributed by atoms with Crippen molar-refractivity contribution >= 4 is 29.3 Å². The van der Waals surface area contributed by atoms with E-state index in [1.54, 1.807) is 6.07 Å². The van der Waals surface area contributed by atoms with Crippen molar-refractivity contribution in [2.24, 2.45) is 0 Å². The third-order valence-electron chi connectivity index (χ3n) is 7.29. The van der Waals surface area contributed by atoms with E-state index in [2.05, 4.69) is 0 Å². The van der Waals surface area contributed by atoms with E-state index < -0.39 is 17.6 Å². The van der Waals surface area contributed by atoms with Gasteiger partial charge in [0, 0.05) is 35.9 Å². The van der Waals surface area contributed by atoms with Crippen molar-refractivity contribution in [1.29, 1.82) is 0 Å². The maximum atomic E-state index is 15.4. The van der Waals surface area contributed by atoms with E-state index in [0.29, 0.717) is 12.0 Å². The zero-order valence-corrected chi connectivity index (χ0v) is 20.1. The number of halogens is 1. The Bertz CT molecular complexity index is 1270. The Labute approximate surface area is 209 Å². The first-order valence-corrected chi connectivity index (χ1v) is 12.4. The molecule has 0 radical (unpaired) electrons. The molecule has 6 nitrogen and oxygen atoms in total. The van der Waals surface area contributed by atoms with Gasteiger partial charge >= 0.3 is 0 Å². The van der Waals surface area contributed by atoms with Crippen LogP contribution < -0.4 is 4.90 Å². The fraction of sp³-hybridized carbons (Fsp3) is 0.310. The fourth-order valence-corrected chi connectivity index (χ4v) is 5.54. The molecule has 3 aliphatic rings. The molecule has 36 heavy (non-hydrogen) atoms. The van der Waals surface area contributed by atoms with E-state index in [-0.39, 0.29) is 35.0 Å². The van der Waals surface area contributed by atoms with Gasteiger partial charge < -0.3 is 0 Å². The highest BCUT2D eigenvalue weighted by atomic mass is 19.1. The Hall–Kier alpha value is -3.87. The largest absolute Gasteiger partial charge is 0.272 e. The zero-order chi connectivity index (χ0) is 25.4. The highest BCUT2D eigenvalue weighted by Crippen LogP contribution is 2.39. The van der Waals surface area contributed by atoms with Crippen molar-refractivity contribution in [3.8, 4) is 11.1 Å². The van der Waals surface area contributed by atoms with Crippen molar-refractivity contribution in [2.45, 2.75) is 57.4 Å². The van der Waals surface area contributed by atoms with Crippen LogP contribution in [0.25, 0.3) is 11.1 Å². The Kier molecular flexibility index (Phi) is 6.39. The molecule has 0 saturated heterocycles. The van der Waals surface area contributed by atoms with Crippen molar-refractivity contribution in [3.63, 3.8) is 0 Å². The number of anilines is 1. The summed E-state index contributed by atoms with van der Waals surface area (Å²) in [6.07, 6.45) is 9.69. The second kappa shape index (κ2) is 9.64. The molecule has 184 valence electrons. The van der Waals surface area contributed by atoms with Crippen LogP contribution in [-0.4, -0.2) is 34.6 Å². The Balaban J connectivity index is 1.38. The lowest BCUT2D eigenvalue weighted by Gasteiger charge is -2.33. The van der Waals surface area contributed by atoms with Crippen LogP contribution in [0.5, 0.6) is 0 Å². The number of carbonyl (C=O) groups is 4. The maximum Gasteiger partial charge on any atom is 0.258 e. The van der Waals surface area contributed by atoms with Gasteiger partial charge in [0.05, 0.1) is 5.69 Å². The zero-order valence-electron chi connectivity index (χ0n) is 20.1. The number of rotatable bonds is 6. The molecule has 2 heterocycles. The third kappa shape index (κ3) is 4.30. The smallest absolute Gasteiger partial charge is 0.258 e. The Morgan fingerprint density at radius 1 is 0.806 bits per heavy atom. The molecule has 7 heteroatoms. The molecule has 2 aliphatic heterocycles. The lowest BCUT2D eigenvalue weighted by atomic mass is 9.81. The molecule has 0 atom stereocenters. The molecule has 2 aromatic rings. The van der Waals surface area contributed by atoms with Gasteiger partial charge in [0.15, 0.2) is 0 Å². The molecule has 0 N–H and O–H groups in total. The monoisotopic (exact) mass is 486 g/mol. The molecule has 1 aliphatic carbocycles. The number of hydrogen-bond donors (Lipinski definition) is 0. The minimum Gasteiger partial charge on any atom is -0.272 e. The second-order valence-electron chi connectivity index (χ2n) is 9.57. The van der Waals surface area contributed by atoms with Crippen LogP contribution in [0.4, 0.5) is 10.1 Å². The standard InChI is InChI=1S/C29H27FN2O4/c1-2-3-18-16-23(30)29(24(17-18)32-27(35)14-15-28(32)36)21-6-4-19(5-7-21)20-8-10-22(11-9-20)31-25(33)12-13-26(31)34/h4-7,12-17,20,22H,2-3,8-11H2,1H3. The Morgan fingerprint density at radius 2 is 1.39 bits per heavy atom. The van der Waals surface area contributed by atoms with E-state index in [1.807, 2.05) is 31.2 Å². The summed E-state index contributed by atoms with van der Waals surface area (Å²) in [7, 11) is 0. The van der Waals surface area contributed by atoms with Crippen molar-refractivity contribution < 1.29 is 23.6 Å². The maximum absolute atomic E-state index is 15.4. The first-order valence-electron chi connectivity index (χ1n) is 12.4. The molecular weight excluding hydrogens is 459 g/mol. The molecule has 0 aromatic heterocycles. The lowest BCUT2D eigenvalue weighted by molar-refractivity contribution is -0.140. The van der Waals surface area contributed by atoms with Gasteiger partial charge in [-0.25, -0.2) is 9.29 Å². The van der Waals surface area contributed by atoms with Gasteiger partial charge in [0.2, 0.25) is 0 Å². The van der Waals surface area contributed by atoms with Gasteiger partial charge in [-0.3, -0.25) is 24.1 Å². The van der Waals surface area contributed by atoms with E-state index >= 15 is 4.39 Å². The van der Waals surface area contributed by atoms with E-state index in [4.69, 9.17) is 0 Å². The summed E-state index contributed by atoms with van der Waals surface area (Å²) in [4.78, 5) is 51.2. The predicted octanol–water partition coefficient (Wildman–Crippen LogP) is 4.83. The SMILES string of the molecule is CCCc1cc(F)c(-c2ccc(C3CCC(N4C(=O)C=CC4=O)CC3)cc2)c(N2C(=O)C=CC2=O)c1. The highest BCUT2D eigenvalue weighted by Gasteiger charge is 2.34. The summed E-state index contributed by atoms with van der Waals surface area (Å²) in [5.41, 5.74) is 2.93. The first-order chi connectivity index (χ1) is 17.4. The summed E-state index contributed by atoms with van der Waals surface area (Å²) in [5.74, 6) is -1.62. The molecule has 0 bridgehead atoms. The minimum absolute atomic E-state index is 0.0713. The number of nitrogens with zero attached hydrogens (tertiary/aromatic N) is 2. The number of benzene rings is 2. The highest BCUT2D eigenvalue weighted by molar-refractivity contribution is 6.29. The van der Waals surface area contributed by atoms with Gasteiger partial charge in [0.1, 0.15) is 5.82 Å². The molecule has 2 aromatic carbocycles. The molecule has 1 saturated carbocycles. The van der Waals surface area contributed by atoms with Crippen LogP contribution in [0.3, 0.4) is 0 Å². The van der Waals surface area contributed by atoms with Gasteiger partial charge in [-0.2, -0.15) is 0 Å². The van der Waals surface area contributed by atoms with Crippen LogP contribution in [0.15, 0.2) is 60.7 Å². The quantitative estimate of drug-likeness (QED) is 0.549. The summed E-state index contributed by atoms with van der Waals surface area (Å²) in [6.45, 7) is 1.99. The van der Waals surface area contributed by atoms with Crippen LogP contribution in [-0.2, 0) is 25.6 Å². The first kappa shape index (κ1) is 23.9. The summed E-state index contributed by atoms with van der Waals surface area (Å²) in [6, 6.07) is 10.7. The number of carbonyl (C=O) groups excluding carboxylic acids is 4. The van der Waals surface area contributed by atoms with Gasteiger partial charge in [-0.15, -0.1) is 0 Å². The average Bonchev–Trinajstić information content (AvgIpc) is 3.38. The second-order valence-corrected chi connectivity index (χ2v) is 9.57. The van der Waals surface area contributed by atoms with Gasteiger partial charge in [-0.05, 0) is 66.8 Å². The van der Waals surface area contributed by atoms with Crippen LogP contribution >= 0.6 is 0 Å². The average molecular weight is 487 g/mol. The van der Waals surface area contributed by atoms with Crippen molar-refractivity contribution in [2.75, 3.05) is 4.90 Å². The van der Waals surface area contributed by atoms with E-state index in [0.717, 1.165) is 48.1 Å². The molecule has 4 amide bonds. The lowest BCUT2D eigenvalue weighted by Crippen LogP contribution is -2.41. The van der Waals surface area contributed by atoms with Crippen LogP contribution in [0, 0.1) is 5.82 Å². The van der Waals surface area contributed by atoms with Crippen LogP contribution in [0.1, 0.15) is 56.1 Å². The molecule has 5 rings (SSSR count). The Morgan fingerprint density at radius 3 is 1.97 bits per heavy atom. The van der Waals surface area contributed by atoms with Crippen LogP contribution in [0.2, 0.25) is 0 Å². The number of imide groups is 2. The molecule has 0 unspecified atom stereocenters. The summed E-state index contributed by atoms with van der Waals surface area (Å²) < 4.78 is 15.4. The number of hydrogen-bond acceptors (Lipinski definition) is 4. The number of aryl methyl sites for hydroxylation is 1. The summed E-state index contributed by atoms with van der Waals surface area (Å²) in [5, 5.41) is 0. The fourth-order valence-electron chi connectivity index (χ4n) is 5.54. The van der Waals surface area contributed by atoms with E-state index in [9.17, 15) is 19.2 Å². The van der Waals surface area contributed by atoms with Crippen molar-refractivity contribution in [3.05, 3.63) is 77.6 Å². The normalized spacial score (nSPS) is 21.8. The minimum atomic E-state index is -0.479. The molecular formula is C29H27FN2O4. The number of amides is 4. The van der Waals surface area contributed by atoms with E-state index in [1.165, 1.54) is 35.3 Å². The van der Waals surface area contributed by atoms with Gasteiger partial charge in [-0.1, -0.05) is 37.6 Å². The third-order valence-corrected chi connectivity index (χ3v) is 7.29. The van der Waals surface area contributed by atoms with Crippen molar-refractivity contribution in [1.82, 2.24) is 4.90 Å². The van der Waals surface area contributed by atoms with Gasteiger partial charge in [0.25, 0.3) is 23.6 Å². The topological polar surface area (TPSA) is 74.8 Å². The predicted molar refractivity (Wildman–Crippen MR) is 133 cm³/mol. The molecule has 1 fully saturated rings. The summed E-state index contributed by atoms with van der Waals surface area (Å²) >= 11 is 0.